The number of rotatable bonds is 5. The number of allylic oxidation sites excluding steroid dienone is 1. The van der Waals surface area contributed by atoms with Crippen molar-refractivity contribution in [2.75, 3.05) is 19.0 Å². The van der Waals surface area contributed by atoms with Crippen LogP contribution in [-0.2, 0) is 4.74 Å². The molecule has 0 aliphatic heterocycles. The number of hydrogen-bond acceptors (Lipinski definition) is 5. The van der Waals surface area contributed by atoms with Crippen LogP contribution in [0.5, 0.6) is 0 Å². The fraction of sp³-hybridized carbons (Fsp3) is 0.500. The lowest BCUT2D eigenvalue weighted by Gasteiger charge is -2.02. The Morgan fingerprint density at radius 3 is 3.17 bits per heavy atom. The molecule has 1 aliphatic carbocycles. The first-order valence-corrected chi connectivity index (χ1v) is 7.06. The molecule has 1 aliphatic rings. The van der Waals surface area contributed by atoms with Gasteiger partial charge in [-0.15, -0.1) is 0 Å². The van der Waals surface area contributed by atoms with Crippen molar-refractivity contribution in [3.8, 4) is 0 Å². The summed E-state index contributed by atoms with van der Waals surface area (Å²) in [6.07, 6.45) is 6.99. The van der Waals surface area contributed by atoms with E-state index < -0.39 is 5.97 Å². The van der Waals surface area contributed by atoms with Gasteiger partial charge >= 0.3 is 5.97 Å². The van der Waals surface area contributed by atoms with Gasteiger partial charge in [0, 0.05) is 6.54 Å². The van der Waals surface area contributed by atoms with Crippen molar-refractivity contribution < 1.29 is 9.53 Å². The zero-order valence-electron chi connectivity index (χ0n) is 10.2. The quantitative estimate of drug-likeness (QED) is 0.665. The highest BCUT2D eigenvalue weighted by Crippen LogP contribution is 2.28. The molecule has 1 heterocycles. The minimum atomic E-state index is -0.441. The van der Waals surface area contributed by atoms with E-state index >= 15 is 0 Å². The van der Waals surface area contributed by atoms with Crippen LogP contribution >= 0.6 is 22.9 Å². The maximum absolute atomic E-state index is 11.4. The summed E-state index contributed by atoms with van der Waals surface area (Å²) in [5, 5.41) is 4.05. The largest absolute Gasteiger partial charge is 0.465 e. The summed E-state index contributed by atoms with van der Waals surface area (Å²) >= 11 is 7.10. The smallest absolute Gasteiger partial charge is 0.351 e. The van der Waals surface area contributed by atoms with Crippen molar-refractivity contribution >= 4 is 34.0 Å². The van der Waals surface area contributed by atoms with Crippen molar-refractivity contribution in [2.45, 2.75) is 25.7 Å². The van der Waals surface area contributed by atoms with E-state index in [0.29, 0.717) is 10.0 Å². The van der Waals surface area contributed by atoms with E-state index in [9.17, 15) is 4.79 Å². The summed E-state index contributed by atoms with van der Waals surface area (Å²) in [6.45, 7) is 0.816. The fourth-order valence-corrected chi connectivity index (χ4v) is 3.02. The number of thiazole rings is 1. The summed E-state index contributed by atoms with van der Waals surface area (Å²) in [5.74, 6) is -0.441. The van der Waals surface area contributed by atoms with Gasteiger partial charge in [0.05, 0.1) is 7.11 Å². The number of methoxy groups -OCH3 is 1. The Hall–Kier alpha value is -1.07. The van der Waals surface area contributed by atoms with E-state index in [4.69, 9.17) is 11.6 Å². The minimum absolute atomic E-state index is 0.203. The van der Waals surface area contributed by atoms with Gasteiger partial charge in [-0.3, -0.25) is 0 Å². The average Bonchev–Trinajstić information content (AvgIpc) is 2.98. The van der Waals surface area contributed by atoms with Gasteiger partial charge in [-0.25, -0.2) is 9.78 Å². The molecule has 6 heteroatoms. The summed E-state index contributed by atoms with van der Waals surface area (Å²) in [7, 11) is 1.33. The minimum Gasteiger partial charge on any atom is -0.465 e. The Balaban J connectivity index is 1.87. The Bertz CT molecular complexity index is 471. The first-order valence-electron chi connectivity index (χ1n) is 5.87. The number of nitrogens with one attached hydrogen (secondary N) is 1. The van der Waals surface area contributed by atoms with E-state index in [0.717, 1.165) is 13.0 Å². The number of aromatic nitrogens is 1. The highest BCUT2D eigenvalue weighted by atomic mass is 35.5. The third-order valence-electron chi connectivity index (χ3n) is 2.81. The second kappa shape index (κ2) is 6.20. The zero-order chi connectivity index (χ0) is 13.0. The van der Waals surface area contributed by atoms with E-state index in [1.807, 2.05) is 0 Å². The lowest BCUT2D eigenvalue weighted by atomic mass is 10.2. The number of nitrogens with zero attached hydrogens (tertiary/aromatic N) is 1. The summed E-state index contributed by atoms with van der Waals surface area (Å²) in [5.41, 5.74) is 1.50. The van der Waals surface area contributed by atoms with Crippen LogP contribution in [0.1, 0.15) is 35.4 Å². The standard InChI is InChI=1S/C12H15ClN2O2S/c1-17-11(16)9-10(13)15-12(18-9)14-7-6-8-4-2-3-5-8/h4H,2-3,5-7H2,1H3,(H,14,15). The zero-order valence-corrected chi connectivity index (χ0v) is 11.7. The number of halogens is 1. The number of carbonyl (C=O) groups is 1. The molecule has 0 bridgehead atoms. The molecule has 0 aromatic carbocycles. The Morgan fingerprint density at radius 2 is 2.50 bits per heavy atom. The van der Waals surface area contributed by atoms with E-state index in [2.05, 4.69) is 21.1 Å². The fourth-order valence-electron chi connectivity index (χ4n) is 1.89. The van der Waals surface area contributed by atoms with Crippen LogP contribution in [0.25, 0.3) is 0 Å². The van der Waals surface area contributed by atoms with Crippen LogP contribution in [0.2, 0.25) is 5.15 Å². The van der Waals surface area contributed by atoms with Crippen molar-refractivity contribution in [3.05, 3.63) is 21.7 Å². The molecule has 0 radical (unpaired) electrons. The number of ether oxygens (including phenoxy) is 1. The molecule has 0 fully saturated rings. The molecule has 98 valence electrons. The Kier molecular flexibility index (Phi) is 4.60. The molecule has 0 saturated carbocycles. The van der Waals surface area contributed by atoms with Gasteiger partial charge in [0.1, 0.15) is 0 Å². The number of anilines is 1. The second-order valence-corrected chi connectivity index (χ2v) is 5.42. The lowest BCUT2D eigenvalue weighted by Crippen LogP contribution is -2.01. The van der Waals surface area contributed by atoms with Crippen LogP contribution < -0.4 is 5.32 Å². The van der Waals surface area contributed by atoms with E-state index in [1.54, 1.807) is 0 Å². The predicted octanol–water partition coefficient (Wildman–Crippen LogP) is 3.50. The van der Waals surface area contributed by atoms with Gasteiger partial charge in [0.25, 0.3) is 0 Å². The third-order valence-corrected chi connectivity index (χ3v) is 4.19. The molecule has 18 heavy (non-hydrogen) atoms. The van der Waals surface area contributed by atoms with Crippen molar-refractivity contribution in [3.63, 3.8) is 0 Å². The Labute approximate surface area is 115 Å². The lowest BCUT2D eigenvalue weighted by molar-refractivity contribution is 0.0606. The molecular formula is C12H15ClN2O2S. The predicted molar refractivity (Wildman–Crippen MR) is 73.5 cm³/mol. The second-order valence-electron chi connectivity index (χ2n) is 4.06. The summed E-state index contributed by atoms with van der Waals surface area (Å²) in [6, 6.07) is 0. The van der Waals surface area contributed by atoms with Gasteiger partial charge < -0.3 is 10.1 Å². The van der Waals surface area contributed by atoms with Crippen LogP contribution in [0, 0.1) is 0 Å². The van der Waals surface area contributed by atoms with Gasteiger partial charge in [-0.2, -0.15) is 0 Å². The molecule has 0 saturated heterocycles. The summed E-state index contributed by atoms with van der Waals surface area (Å²) < 4.78 is 4.63. The van der Waals surface area contributed by atoms with E-state index in [1.165, 1.54) is 43.3 Å². The van der Waals surface area contributed by atoms with Crippen LogP contribution in [0.4, 0.5) is 5.13 Å². The van der Waals surface area contributed by atoms with Gasteiger partial charge in [0.15, 0.2) is 15.2 Å². The molecule has 2 rings (SSSR count). The highest BCUT2D eigenvalue weighted by molar-refractivity contribution is 7.18. The third kappa shape index (κ3) is 3.23. The molecule has 0 atom stereocenters. The van der Waals surface area contributed by atoms with Gasteiger partial charge in [0.2, 0.25) is 0 Å². The molecular weight excluding hydrogens is 272 g/mol. The Morgan fingerprint density at radius 1 is 1.67 bits per heavy atom. The molecule has 4 nitrogen and oxygen atoms in total. The maximum Gasteiger partial charge on any atom is 0.351 e. The van der Waals surface area contributed by atoms with Crippen LogP contribution in [-0.4, -0.2) is 24.6 Å². The molecule has 0 amide bonds. The first-order chi connectivity index (χ1) is 8.70. The molecule has 1 aromatic rings. The van der Waals surface area contributed by atoms with Crippen LogP contribution in [0.15, 0.2) is 11.6 Å². The van der Waals surface area contributed by atoms with Crippen molar-refractivity contribution in [2.24, 2.45) is 0 Å². The highest BCUT2D eigenvalue weighted by Gasteiger charge is 2.17. The first kappa shape index (κ1) is 13.4. The normalized spacial score (nSPS) is 14.4. The van der Waals surface area contributed by atoms with Gasteiger partial charge in [-0.1, -0.05) is 34.6 Å². The van der Waals surface area contributed by atoms with E-state index in [-0.39, 0.29) is 5.15 Å². The van der Waals surface area contributed by atoms with Gasteiger partial charge in [-0.05, 0) is 25.7 Å². The van der Waals surface area contributed by atoms with Crippen molar-refractivity contribution in [1.29, 1.82) is 0 Å². The SMILES string of the molecule is COC(=O)c1sc(NCCC2=CCCC2)nc1Cl. The molecule has 1 N–H and O–H groups in total. The average molecular weight is 287 g/mol. The van der Waals surface area contributed by atoms with Crippen LogP contribution in [0.3, 0.4) is 0 Å². The number of carbonyl (C=O) groups excluding carboxylic acids is 1. The number of esters is 1. The molecule has 0 spiro atoms. The molecule has 0 unspecified atom stereocenters. The summed E-state index contributed by atoms with van der Waals surface area (Å²) in [4.78, 5) is 15.8. The van der Waals surface area contributed by atoms with Crippen molar-refractivity contribution in [1.82, 2.24) is 4.98 Å². The maximum atomic E-state index is 11.4. The number of hydrogen-bond donors (Lipinski definition) is 1. The monoisotopic (exact) mass is 286 g/mol. The molecule has 1 aromatic heterocycles. The topological polar surface area (TPSA) is 51.2 Å².